The molecule has 0 aliphatic carbocycles. The van der Waals surface area contributed by atoms with Gasteiger partial charge in [0.05, 0.1) is 23.2 Å². The Balaban J connectivity index is 1.56. The molecule has 34 heavy (non-hydrogen) atoms. The van der Waals surface area contributed by atoms with E-state index in [9.17, 15) is 22.4 Å². The molecule has 1 aromatic carbocycles. The normalized spacial score (nSPS) is 11.9. The first-order valence-electron chi connectivity index (χ1n) is 10.1. The molecular weight excluding hydrogens is 476 g/mol. The number of hydrogen-bond acceptors (Lipinski definition) is 4. The Morgan fingerprint density at radius 3 is 2.53 bits per heavy atom. The van der Waals surface area contributed by atoms with Crippen molar-refractivity contribution in [2.24, 2.45) is 0 Å². The number of benzene rings is 1. The zero-order chi connectivity index (χ0) is 24.8. The molecule has 12 heteroatoms. The largest absolute Gasteiger partial charge is 0.417 e. The molecule has 178 valence electrons. The van der Waals surface area contributed by atoms with Crippen LogP contribution < -0.4 is 5.32 Å². The lowest BCUT2D eigenvalue weighted by molar-refractivity contribution is -0.136. The average molecular weight is 495 g/mol. The van der Waals surface area contributed by atoms with Gasteiger partial charge in [-0.05, 0) is 39.0 Å². The molecular formula is C22H19ClF4N6O. The summed E-state index contributed by atoms with van der Waals surface area (Å²) in [5.41, 5.74) is 0.291. The van der Waals surface area contributed by atoms with Crippen LogP contribution in [0.1, 0.15) is 28.2 Å². The van der Waals surface area contributed by atoms with Crippen molar-refractivity contribution < 1.29 is 22.4 Å². The Morgan fingerprint density at radius 2 is 1.85 bits per heavy atom. The molecule has 0 saturated heterocycles. The van der Waals surface area contributed by atoms with Crippen molar-refractivity contribution in [3.8, 4) is 0 Å². The van der Waals surface area contributed by atoms with Crippen LogP contribution in [0.2, 0.25) is 5.02 Å². The summed E-state index contributed by atoms with van der Waals surface area (Å²) in [5.74, 6) is -0.840. The zero-order valence-corrected chi connectivity index (χ0v) is 19.1. The summed E-state index contributed by atoms with van der Waals surface area (Å²) in [6.07, 6.45) is -4.59. The lowest BCUT2D eigenvalue weighted by atomic mass is 10.1. The Kier molecular flexibility index (Phi) is 6.07. The summed E-state index contributed by atoms with van der Waals surface area (Å²) in [7, 11) is 0. The van der Waals surface area contributed by atoms with Crippen LogP contribution in [0.25, 0.3) is 11.0 Å². The molecule has 0 fully saturated rings. The standard InChI is InChI=1S/C22H19ClF4N6O/c1-11-7-15(22(25,26)27)20-13(3)30-33(21(20)28-11)10-19(34)29-18-8-12(2)32(31-18)9-14-16(23)5-4-6-17(14)24/h4-8H,9-10H2,1-3H3,(H,29,31,34). The number of carbonyl (C=O) groups is 1. The van der Waals surface area contributed by atoms with E-state index >= 15 is 0 Å². The van der Waals surface area contributed by atoms with Gasteiger partial charge in [0, 0.05) is 28.0 Å². The second-order valence-corrected chi connectivity index (χ2v) is 8.23. The van der Waals surface area contributed by atoms with Crippen molar-refractivity contribution in [1.29, 1.82) is 0 Å². The van der Waals surface area contributed by atoms with Crippen LogP contribution in [0.4, 0.5) is 23.4 Å². The highest BCUT2D eigenvalue weighted by Gasteiger charge is 2.35. The molecule has 3 heterocycles. The summed E-state index contributed by atoms with van der Waals surface area (Å²) in [6, 6.07) is 6.90. The lowest BCUT2D eigenvalue weighted by Gasteiger charge is -2.10. The number of rotatable bonds is 5. The van der Waals surface area contributed by atoms with Crippen LogP contribution in [0, 0.1) is 26.6 Å². The van der Waals surface area contributed by atoms with Crippen molar-refractivity contribution in [2.45, 2.75) is 40.0 Å². The molecule has 4 aromatic rings. The van der Waals surface area contributed by atoms with E-state index in [-0.39, 0.29) is 51.9 Å². The number of anilines is 1. The van der Waals surface area contributed by atoms with E-state index in [2.05, 4.69) is 20.5 Å². The van der Waals surface area contributed by atoms with E-state index in [0.717, 1.165) is 10.7 Å². The van der Waals surface area contributed by atoms with Gasteiger partial charge in [-0.2, -0.15) is 23.4 Å². The molecule has 0 atom stereocenters. The van der Waals surface area contributed by atoms with Gasteiger partial charge in [-0.1, -0.05) is 17.7 Å². The van der Waals surface area contributed by atoms with Crippen LogP contribution in [-0.2, 0) is 24.1 Å². The number of pyridine rings is 1. The van der Waals surface area contributed by atoms with Crippen LogP contribution in [-0.4, -0.2) is 30.5 Å². The molecule has 4 rings (SSSR count). The summed E-state index contributed by atoms with van der Waals surface area (Å²) >= 11 is 6.08. The van der Waals surface area contributed by atoms with Gasteiger partial charge in [-0.25, -0.2) is 14.1 Å². The molecule has 1 N–H and O–H groups in total. The van der Waals surface area contributed by atoms with Crippen molar-refractivity contribution in [3.05, 3.63) is 69.4 Å². The first-order valence-corrected chi connectivity index (χ1v) is 10.5. The van der Waals surface area contributed by atoms with Gasteiger partial charge in [0.1, 0.15) is 12.4 Å². The van der Waals surface area contributed by atoms with Gasteiger partial charge in [0.15, 0.2) is 11.5 Å². The highest BCUT2D eigenvalue weighted by molar-refractivity contribution is 6.31. The quantitative estimate of drug-likeness (QED) is 0.394. The topological polar surface area (TPSA) is 77.6 Å². The minimum Gasteiger partial charge on any atom is -0.308 e. The molecule has 0 spiro atoms. The van der Waals surface area contributed by atoms with Crippen molar-refractivity contribution in [3.63, 3.8) is 0 Å². The highest BCUT2D eigenvalue weighted by Crippen LogP contribution is 2.36. The second kappa shape index (κ2) is 8.71. The number of carbonyl (C=O) groups excluding carboxylic acids is 1. The number of nitrogens with one attached hydrogen (secondary N) is 1. The maximum absolute atomic E-state index is 14.1. The number of hydrogen-bond donors (Lipinski definition) is 1. The Labute approximate surface area is 196 Å². The summed E-state index contributed by atoms with van der Waals surface area (Å²) in [4.78, 5) is 16.8. The maximum atomic E-state index is 14.1. The first-order chi connectivity index (χ1) is 15.9. The van der Waals surface area contributed by atoms with E-state index in [1.54, 1.807) is 19.1 Å². The molecule has 0 radical (unpaired) electrons. The van der Waals surface area contributed by atoms with E-state index in [1.165, 1.54) is 30.7 Å². The van der Waals surface area contributed by atoms with Gasteiger partial charge < -0.3 is 5.32 Å². The van der Waals surface area contributed by atoms with E-state index in [0.29, 0.717) is 5.69 Å². The minimum atomic E-state index is -4.59. The SMILES string of the molecule is Cc1cc(C(F)(F)F)c2c(C)nn(CC(=O)Nc3cc(C)n(Cc4c(F)cccc4Cl)n3)c2n1. The Hall–Kier alpha value is -3.47. The summed E-state index contributed by atoms with van der Waals surface area (Å²) in [5, 5.41) is 11.1. The summed E-state index contributed by atoms with van der Waals surface area (Å²) < 4.78 is 57.2. The molecule has 0 bridgehead atoms. The van der Waals surface area contributed by atoms with Crippen LogP contribution >= 0.6 is 11.6 Å². The predicted octanol–water partition coefficient (Wildman–Crippen LogP) is 5.05. The summed E-state index contributed by atoms with van der Waals surface area (Å²) in [6.45, 7) is 4.29. The Bertz CT molecular complexity index is 1390. The molecule has 0 aliphatic rings. The number of aryl methyl sites for hydroxylation is 3. The van der Waals surface area contributed by atoms with E-state index in [4.69, 9.17) is 11.6 Å². The number of fused-ring (bicyclic) bond motifs is 1. The van der Waals surface area contributed by atoms with Gasteiger partial charge in [0.25, 0.3) is 0 Å². The van der Waals surface area contributed by atoms with Crippen LogP contribution in [0.3, 0.4) is 0 Å². The number of alkyl halides is 3. The zero-order valence-electron chi connectivity index (χ0n) is 18.3. The van der Waals surface area contributed by atoms with Crippen molar-refractivity contribution in [1.82, 2.24) is 24.5 Å². The predicted molar refractivity (Wildman–Crippen MR) is 118 cm³/mol. The molecule has 0 unspecified atom stereocenters. The van der Waals surface area contributed by atoms with Gasteiger partial charge in [0.2, 0.25) is 5.91 Å². The third kappa shape index (κ3) is 4.60. The molecule has 3 aromatic heterocycles. The van der Waals surface area contributed by atoms with Crippen LogP contribution in [0.15, 0.2) is 30.3 Å². The fourth-order valence-electron chi connectivity index (χ4n) is 3.70. The van der Waals surface area contributed by atoms with Gasteiger partial charge in [-0.3, -0.25) is 9.48 Å². The fourth-order valence-corrected chi connectivity index (χ4v) is 3.92. The second-order valence-electron chi connectivity index (χ2n) is 7.83. The molecule has 0 aliphatic heterocycles. The maximum Gasteiger partial charge on any atom is 0.417 e. The molecule has 7 nitrogen and oxygen atoms in total. The lowest BCUT2D eigenvalue weighted by Crippen LogP contribution is -2.20. The number of aromatic nitrogens is 5. The average Bonchev–Trinajstić information content (AvgIpc) is 3.22. The van der Waals surface area contributed by atoms with Crippen LogP contribution in [0.5, 0.6) is 0 Å². The monoisotopic (exact) mass is 494 g/mol. The first kappa shape index (κ1) is 23.7. The number of nitrogens with zero attached hydrogens (tertiary/aromatic N) is 5. The van der Waals surface area contributed by atoms with E-state index < -0.39 is 23.5 Å². The van der Waals surface area contributed by atoms with Crippen molar-refractivity contribution >= 4 is 34.4 Å². The molecule has 1 amide bonds. The van der Waals surface area contributed by atoms with Gasteiger partial charge >= 0.3 is 6.18 Å². The fraction of sp³-hybridized carbons (Fsp3) is 0.273. The minimum absolute atomic E-state index is 0.0316. The molecule has 0 saturated carbocycles. The Morgan fingerprint density at radius 1 is 1.12 bits per heavy atom. The van der Waals surface area contributed by atoms with Crippen molar-refractivity contribution in [2.75, 3.05) is 5.32 Å². The smallest absolute Gasteiger partial charge is 0.308 e. The third-order valence-electron chi connectivity index (χ3n) is 5.22. The highest BCUT2D eigenvalue weighted by atomic mass is 35.5. The number of halogens is 5. The number of amides is 1. The van der Waals surface area contributed by atoms with E-state index in [1.807, 2.05) is 0 Å². The van der Waals surface area contributed by atoms with Gasteiger partial charge in [-0.15, -0.1) is 0 Å². The third-order valence-corrected chi connectivity index (χ3v) is 5.58.